The Bertz CT molecular complexity index is 409. The number of methoxy groups -OCH3 is 1. The third-order valence-corrected chi connectivity index (χ3v) is 3.47. The van der Waals surface area contributed by atoms with Crippen LogP contribution in [0.4, 0.5) is 0 Å². The third-order valence-electron chi connectivity index (χ3n) is 3.47. The average Bonchev–Trinajstić information content (AvgIpc) is 2.40. The summed E-state index contributed by atoms with van der Waals surface area (Å²) in [5.74, 6) is 1.23. The van der Waals surface area contributed by atoms with Gasteiger partial charge in [-0.2, -0.15) is 0 Å². The Balaban J connectivity index is 2.19. The van der Waals surface area contributed by atoms with Gasteiger partial charge in [0.05, 0.1) is 7.11 Å². The van der Waals surface area contributed by atoms with E-state index in [2.05, 4.69) is 22.2 Å². The average molecular weight is 231 g/mol. The minimum Gasteiger partial charge on any atom is -0.497 e. The van der Waals surface area contributed by atoms with Gasteiger partial charge in [-0.3, -0.25) is 0 Å². The smallest absolute Gasteiger partial charge is 0.118 e. The number of hydrogen-bond acceptors (Lipinski definition) is 2. The van der Waals surface area contributed by atoms with Crippen LogP contribution in [0, 0.1) is 0 Å². The van der Waals surface area contributed by atoms with Crippen LogP contribution in [-0.2, 0) is 0 Å². The van der Waals surface area contributed by atoms with Crippen LogP contribution in [0.3, 0.4) is 0 Å². The maximum atomic E-state index is 8.60. The number of nitrogens with zero attached hydrogens (tertiary/aromatic N) is 3. The molecule has 1 saturated carbocycles. The Morgan fingerprint density at radius 2 is 1.94 bits per heavy atom. The molecule has 0 unspecified atom stereocenters. The van der Waals surface area contributed by atoms with E-state index in [1.165, 1.54) is 12.0 Å². The van der Waals surface area contributed by atoms with E-state index in [0.717, 1.165) is 25.0 Å². The Morgan fingerprint density at radius 3 is 2.59 bits per heavy atom. The summed E-state index contributed by atoms with van der Waals surface area (Å²) in [4.78, 5) is 2.97. The van der Waals surface area contributed by atoms with Crippen LogP contribution in [0.5, 0.6) is 5.75 Å². The second-order valence-corrected chi connectivity index (χ2v) is 4.44. The van der Waals surface area contributed by atoms with Gasteiger partial charge in [0.25, 0.3) is 0 Å². The van der Waals surface area contributed by atoms with Crippen molar-refractivity contribution in [2.75, 3.05) is 7.11 Å². The standard InChI is InChI=1S/C13H17N3O/c1-17-11-8-6-10(7-9-11)12-4-2-3-5-13(12)15-16-14/h6-9,12-13H,2-5H2,1H3/t12-,13-/m1/s1. The molecule has 0 saturated heterocycles. The lowest BCUT2D eigenvalue weighted by molar-refractivity contribution is 0.383. The summed E-state index contributed by atoms with van der Waals surface area (Å²) in [6, 6.07) is 8.21. The molecule has 0 amide bonds. The van der Waals surface area contributed by atoms with Crippen molar-refractivity contribution in [1.82, 2.24) is 0 Å². The zero-order valence-corrected chi connectivity index (χ0v) is 10.0. The zero-order chi connectivity index (χ0) is 12.1. The number of azide groups is 1. The van der Waals surface area contributed by atoms with Crippen molar-refractivity contribution in [3.63, 3.8) is 0 Å². The first-order chi connectivity index (χ1) is 8.35. The van der Waals surface area contributed by atoms with Crippen molar-refractivity contribution in [3.05, 3.63) is 40.3 Å². The highest BCUT2D eigenvalue weighted by molar-refractivity contribution is 5.30. The quantitative estimate of drug-likeness (QED) is 0.440. The largest absolute Gasteiger partial charge is 0.497 e. The van der Waals surface area contributed by atoms with Crippen LogP contribution in [0.1, 0.15) is 37.2 Å². The predicted molar refractivity (Wildman–Crippen MR) is 67.1 cm³/mol. The van der Waals surface area contributed by atoms with E-state index in [1.807, 2.05) is 12.1 Å². The molecule has 1 aromatic carbocycles. The van der Waals surface area contributed by atoms with Crippen LogP contribution in [-0.4, -0.2) is 13.2 Å². The van der Waals surface area contributed by atoms with Crippen LogP contribution >= 0.6 is 0 Å². The molecule has 2 rings (SSSR count). The van der Waals surface area contributed by atoms with Crippen molar-refractivity contribution < 1.29 is 4.74 Å². The van der Waals surface area contributed by atoms with Crippen LogP contribution in [0.2, 0.25) is 0 Å². The molecular formula is C13H17N3O. The topological polar surface area (TPSA) is 58.0 Å². The number of rotatable bonds is 3. The highest BCUT2D eigenvalue weighted by Gasteiger charge is 2.25. The fourth-order valence-electron chi connectivity index (χ4n) is 2.56. The third kappa shape index (κ3) is 2.71. The molecule has 0 N–H and O–H groups in total. The molecule has 1 fully saturated rings. The minimum absolute atomic E-state index is 0.113. The summed E-state index contributed by atoms with van der Waals surface area (Å²) >= 11 is 0. The molecule has 1 aromatic rings. The molecule has 4 nitrogen and oxygen atoms in total. The maximum Gasteiger partial charge on any atom is 0.118 e. The van der Waals surface area contributed by atoms with Gasteiger partial charge in [0.1, 0.15) is 5.75 Å². The van der Waals surface area contributed by atoms with Crippen molar-refractivity contribution in [1.29, 1.82) is 0 Å². The highest BCUT2D eigenvalue weighted by Crippen LogP contribution is 2.35. The first kappa shape index (κ1) is 11.8. The lowest BCUT2D eigenvalue weighted by Gasteiger charge is -2.28. The molecule has 2 atom stereocenters. The lowest BCUT2D eigenvalue weighted by Crippen LogP contribution is -2.20. The Kier molecular flexibility index (Phi) is 3.89. The van der Waals surface area contributed by atoms with Crippen molar-refractivity contribution in [3.8, 4) is 5.75 Å². The molecular weight excluding hydrogens is 214 g/mol. The van der Waals surface area contributed by atoms with Gasteiger partial charge in [-0.25, -0.2) is 0 Å². The summed E-state index contributed by atoms with van der Waals surface area (Å²) in [6.45, 7) is 0. The van der Waals surface area contributed by atoms with Gasteiger partial charge in [-0.15, -0.1) is 0 Å². The van der Waals surface area contributed by atoms with Crippen LogP contribution in [0.25, 0.3) is 10.4 Å². The summed E-state index contributed by atoms with van der Waals surface area (Å²) in [6.07, 6.45) is 4.49. The van der Waals surface area contributed by atoms with Crippen LogP contribution < -0.4 is 4.74 Å². The first-order valence-corrected chi connectivity index (χ1v) is 6.03. The van der Waals surface area contributed by atoms with Gasteiger partial charge in [0, 0.05) is 11.0 Å². The Labute approximate surface area is 101 Å². The lowest BCUT2D eigenvalue weighted by atomic mass is 9.80. The molecule has 0 radical (unpaired) electrons. The Morgan fingerprint density at radius 1 is 1.24 bits per heavy atom. The minimum atomic E-state index is 0.113. The predicted octanol–water partition coefficient (Wildman–Crippen LogP) is 4.03. The molecule has 0 bridgehead atoms. The summed E-state index contributed by atoms with van der Waals surface area (Å²) in [5.41, 5.74) is 9.86. The van der Waals surface area contributed by atoms with E-state index in [4.69, 9.17) is 10.3 Å². The van der Waals surface area contributed by atoms with Crippen molar-refractivity contribution in [2.45, 2.75) is 37.6 Å². The monoisotopic (exact) mass is 231 g/mol. The normalized spacial score (nSPS) is 23.8. The fraction of sp³-hybridized carbons (Fsp3) is 0.538. The van der Waals surface area contributed by atoms with Gasteiger partial charge < -0.3 is 4.74 Å². The zero-order valence-electron chi connectivity index (χ0n) is 10.0. The summed E-state index contributed by atoms with van der Waals surface area (Å²) < 4.78 is 5.15. The maximum absolute atomic E-state index is 8.60. The molecule has 17 heavy (non-hydrogen) atoms. The van der Waals surface area contributed by atoms with Crippen LogP contribution in [0.15, 0.2) is 29.4 Å². The molecule has 0 aliphatic heterocycles. The SMILES string of the molecule is COc1ccc([C@H]2CCCC[C@H]2N=[N+]=[N-])cc1. The van der Waals surface area contributed by atoms with E-state index in [9.17, 15) is 0 Å². The summed E-state index contributed by atoms with van der Waals surface area (Å²) in [7, 11) is 1.67. The van der Waals surface area contributed by atoms with E-state index in [0.29, 0.717) is 5.92 Å². The van der Waals surface area contributed by atoms with Crippen molar-refractivity contribution in [2.24, 2.45) is 5.11 Å². The highest BCUT2D eigenvalue weighted by atomic mass is 16.5. The molecule has 4 heteroatoms. The summed E-state index contributed by atoms with van der Waals surface area (Å²) in [5, 5.41) is 3.93. The molecule has 90 valence electrons. The second kappa shape index (κ2) is 5.60. The van der Waals surface area contributed by atoms with E-state index < -0.39 is 0 Å². The van der Waals surface area contributed by atoms with E-state index >= 15 is 0 Å². The van der Waals surface area contributed by atoms with Gasteiger partial charge in [-0.1, -0.05) is 30.1 Å². The molecule has 1 aliphatic rings. The van der Waals surface area contributed by atoms with Gasteiger partial charge in [0.15, 0.2) is 0 Å². The van der Waals surface area contributed by atoms with Gasteiger partial charge in [0.2, 0.25) is 0 Å². The first-order valence-electron chi connectivity index (χ1n) is 6.03. The van der Waals surface area contributed by atoms with Gasteiger partial charge >= 0.3 is 0 Å². The number of hydrogen-bond donors (Lipinski definition) is 0. The molecule has 0 aromatic heterocycles. The molecule has 0 spiro atoms. The molecule has 1 aliphatic carbocycles. The Hall–Kier alpha value is -1.67. The number of benzene rings is 1. The van der Waals surface area contributed by atoms with Gasteiger partial charge in [-0.05, 0) is 42.0 Å². The van der Waals surface area contributed by atoms with E-state index in [1.54, 1.807) is 7.11 Å². The number of ether oxygens (including phenoxy) is 1. The second-order valence-electron chi connectivity index (χ2n) is 4.44. The molecule has 0 heterocycles. The van der Waals surface area contributed by atoms with E-state index in [-0.39, 0.29) is 6.04 Å². The fourth-order valence-corrected chi connectivity index (χ4v) is 2.56. The van der Waals surface area contributed by atoms with Crippen molar-refractivity contribution >= 4 is 0 Å².